The second kappa shape index (κ2) is 12.1. The summed E-state index contributed by atoms with van der Waals surface area (Å²) in [5.41, 5.74) is 3.55. The first kappa shape index (κ1) is 26.5. The number of hydrogen-bond acceptors (Lipinski definition) is 3. The van der Waals surface area contributed by atoms with E-state index >= 15 is 0 Å². The number of piperidine rings is 1. The Morgan fingerprint density at radius 1 is 0.973 bits per heavy atom. The molecule has 3 aromatic rings. The average molecular weight is 523 g/mol. The molecule has 0 spiro atoms. The Bertz CT molecular complexity index is 1240. The highest BCUT2D eigenvalue weighted by atomic mass is 35.5. The van der Waals surface area contributed by atoms with Crippen LogP contribution in [-0.4, -0.2) is 31.1 Å². The minimum Gasteiger partial charge on any atom is -0.371 e. The molecule has 3 aromatic carbocycles. The van der Waals surface area contributed by atoms with E-state index in [9.17, 15) is 14.0 Å². The van der Waals surface area contributed by atoms with Gasteiger partial charge < -0.3 is 20.9 Å². The summed E-state index contributed by atoms with van der Waals surface area (Å²) in [4.78, 5) is 27.9. The van der Waals surface area contributed by atoms with E-state index in [-0.39, 0.29) is 17.0 Å². The maximum absolute atomic E-state index is 13.4. The fraction of sp³-hybridized carbons (Fsp3) is 0.310. The molecule has 1 saturated heterocycles. The Morgan fingerprint density at radius 3 is 2.27 bits per heavy atom. The second-order valence-electron chi connectivity index (χ2n) is 9.69. The molecule has 0 radical (unpaired) electrons. The highest BCUT2D eigenvalue weighted by Crippen LogP contribution is 2.30. The lowest BCUT2D eigenvalue weighted by atomic mass is 9.89. The van der Waals surface area contributed by atoms with Gasteiger partial charge in [0.15, 0.2) is 0 Å². The van der Waals surface area contributed by atoms with Crippen LogP contribution in [0.5, 0.6) is 0 Å². The quantitative estimate of drug-likeness (QED) is 0.322. The van der Waals surface area contributed by atoms with Crippen molar-refractivity contribution < 1.29 is 14.0 Å². The summed E-state index contributed by atoms with van der Waals surface area (Å²) >= 11 is 5.80. The lowest BCUT2D eigenvalue weighted by Gasteiger charge is -2.35. The van der Waals surface area contributed by atoms with Crippen molar-refractivity contribution in [1.29, 1.82) is 0 Å². The van der Waals surface area contributed by atoms with Gasteiger partial charge in [0.1, 0.15) is 5.82 Å². The van der Waals surface area contributed by atoms with Crippen LogP contribution in [0, 0.1) is 11.7 Å². The van der Waals surface area contributed by atoms with Crippen LogP contribution in [0.25, 0.3) is 0 Å². The molecule has 3 N–H and O–H groups in total. The zero-order valence-electron chi connectivity index (χ0n) is 21.1. The van der Waals surface area contributed by atoms with Gasteiger partial charge in [-0.25, -0.2) is 9.18 Å². The van der Waals surface area contributed by atoms with Gasteiger partial charge in [-0.1, -0.05) is 41.9 Å². The normalized spacial score (nSPS) is 13.9. The smallest absolute Gasteiger partial charge is 0.323 e. The fourth-order valence-corrected chi connectivity index (χ4v) is 4.78. The maximum atomic E-state index is 13.4. The molecule has 1 heterocycles. The van der Waals surface area contributed by atoms with Crippen molar-refractivity contribution >= 4 is 40.6 Å². The van der Waals surface area contributed by atoms with E-state index in [1.54, 1.807) is 12.1 Å². The molecule has 0 saturated carbocycles. The van der Waals surface area contributed by atoms with Crippen molar-refractivity contribution in [2.75, 3.05) is 28.6 Å². The van der Waals surface area contributed by atoms with E-state index in [2.05, 4.69) is 45.1 Å². The van der Waals surface area contributed by atoms with E-state index in [1.165, 1.54) is 23.8 Å². The number of hydrogen-bond donors (Lipinski definition) is 3. The number of nitrogens with one attached hydrogen (secondary N) is 3. The standard InChI is InChI=1S/C29H32ClFN4O2/c1-19(2)32-28(36)24-17-22(33-29(37)34-23-8-10-26(31)25(30)18-23)9-11-27(24)35-14-12-21(13-15-35)16-20-6-4-3-5-7-20/h3-11,17-19,21H,12-16H2,1-2H3,(H,32,36)(H2,33,34,37). The molecule has 1 aliphatic rings. The maximum Gasteiger partial charge on any atom is 0.323 e. The molecular weight excluding hydrogens is 491 g/mol. The molecule has 0 atom stereocenters. The minimum absolute atomic E-state index is 0.0277. The van der Waals surface area contributed by atoms with Crippen molar-refractivity contribution in [3.05, 3.63) is 88.7 Å². The molecule has 1 fully saturated rings. The van der Waals surface area contributed by atoms with Gasteiger partial charge in [-0.15, -0.1) is 0 Å². The number of anilines is 3. The van der Waals surface area contributed by atoms with Crippen LogP contribution < -0.4 is 20.9 Å². The minimum atomic E-state index is -0.562. The Kier molecular flexibility index (Phi) is 8.66. The van der Waals surface area contributed by atoms with Gasteiger partial charge in [0.25, 0.3) is 5.91 Å². The average Bonchev–Trinajstić information content (AvgIpc) is 2.87. The van der Waals surface area contributed by atoms with Gasteiger partial charge in [-0.3, -0.25) is 4.79 Å². The predicted octanol–water partition coefficient (Wildman–Crippen LogP) is 6.72. The van der Waals surface area contributed by atoms with Crippen LogP contribution in [0.4, 0.5) is 26.2 Å². The summed E-state index contributed by atoms with van der Waals surface area (Å²) in [5.74, 6) is -0.143. The Hall–Kier alpha value is -3.58. The summed E-state index contributed by atoms with van der Waals surface area (Å²) in [7, 11) is 0. The fourth-order valence-electron chi connectivity index (χ4n) is 4.60. The number of amides is 3. The molecule has 0 unspecified atom stereocenters. The molecule has 37 heavy (non-hydrogen) atoms. The van der Waals surface area contributed by atoms with Gasteiger partial charge in [0, 0.05) is 36.2 Å². The van der Waals surface area contributed by atoms with E-state index in [0.29, 0.717) is 22.9 Å². The molecule has 0 aliphatic carbocycles. The van der Waals surface area contributed by atoms with E-state index in [0.717, 1.165) is 38.0 Å². The van der Waals surface area contributed by atoms with Crippen molar-refractivity contribution in [2.45, 2.75) is 39.2 Å². The topological polar surface area (TPSA) is 73.5 Å². The molecule has 194 valence electrons. The van der Waals surface area contributed by atoms with Crippen molar-refractivity contribution in [3.8, 4) is 0 Å². The van der Waals surface area contributed by atoms with E-state index < -0.39 is 11.8 Å². The first-order chi connectivity index (χ1) is 17.8. The van der Waals surface area contributed by atoms with Gasteiger partial charge in [0.05, 0.1) is 10.6 Å². The van der Waals surface area contributed by atoms with Gasteiger partial charge in [-0.2, -0.15) is 0 Å². The number of rotatable bonds is 7. The van der Waals surface area contributed by atoms with Crippen LogP contribution in [-0.2, 0) is 6.42 Å². The molecule has 0 bridgehead atoms. The SMILES string of the molecule is CC(C)NC(=O)c1cc(NC(=O)Nc2ccc(F)c(Cl)c2)ccc1N1CCC(Cc2ccccc2)CC1. The summed E-state index contributed by atoms with van der Waals surface area (Å²) in [5, 5.41) is 8.27. The van der Waals surface area contributed by atoms with Crippen LogP contribution in [0.15, 0.2) is 66.7 Å². The number of nitrogens with zero attached hydrogens (tertiary/aromatic N) is 1. The molecule has 3 amide bonds. The molecule has 1 aliphatic heterocycles. The van der Waals surface area contributed by atoms with Crippen molar-refractivity contribution in [2.24, 2.45) is 5.92 Å². The highest BCUT2D eigenvalue weighted by Gasteiger charge is 2.24. The number of urea groups is 1. The van der Waals surface area contributed by atoms with Gasteiger partial charge >= 0.3 is 6.03 Å². The molecular formula is C29H32ClFN4O2. The first-order valence-corrected chi connectivity index (χ1v) is 12.9. The van der Waals surface area contributed by atoms with Crippen LogP contribution in [0.2, 0.25) is 5.02 Å². The van der Waals surface area contributed by atoms with Gasteiger partial charge in [-0.05, 0) is 81.0 Å². The largest absolute Gasteiger partial charge is 0.371 e. The Morgan fingerprint density at radius 2 is 1.62 bits per heavy atom. The third kappa shape index (κ3) is 7.23. The molecule has 0 aromatic heterocycles. The Balaban J connectivity index is 1.46. The number of benzene rings is 3. The zero-order valence-corrected chi connectivity index (χ0v) is 21.8. The zero-order chi connectivity index (χ0) is 26.4. The molecule has 6 nitrogen and oxygen atoms in total. The van der Waals surface area contributed by atoms with Crippen molar-refractivity contribution in [3.63, 3.8) is 0 Å². The lowest BCUT2D eigenvalue weighted by Crippen LogP contribution is -2.37. The number of carbonyl (C=O) groups excluding carboxylic acids is 2. The lowest BCUT2D eigenvalue weighted by molar-refractivity contribution is 0.0943. The third-order valence-corrected chi connectivity index (χ3v) is 6.71. The summed E-state index contributed by atoms with van der Waals surface area (Å²) in [6, 6.07) is 19.3. The monoisotopic (exact) mass is 522 g/mol. The van der Waals surface area contributed by atoms with Crippen molar-refractivity contribution in [1.82, 2.24) is 5.32 Å². The second-order valence-corrected chi connectivity index (χ2v) is 10.1. The summed E-state index contributed by atoms with van der Waals surface area (Å²) in [6.45, 7) is 5.54. The summed E-state index contributed by atoms with van der Waals surface area (Å²) < 4.78 is 13.4. The van der Waals surface area contributed by atoms with Crippen LogP contribution in [0.1, 0.15) is 42.6 Å². The van der Waals surface area contributed by atoms with Gasteiger partial charge in [0.2, 0.25) is 0 Å². The molecule has 8 heteroatoms. The van der Waals surface area contributed by atoms with E-state index in [1.807, 2.05) is 26.0 Å². The third-order valence-electron chi connectivity index (χ3n) is 6.42. The Labute approximate surface area is 222 Å². The van der Waals surface area contributed by atoms with E-state index in [4.69, 9.17) is 11.6 Å². The number of carbonyl (C=O) groups is 2. The highest BCUT2D eigenvalue weighted by molar-refractivity contribution is 6.31. The first-order valence-electron chi connectivity index (χ1n) is 12.6. The number of halogens is 2. The summed E-state index contributed by atoms with van der Waals surface area (Å²) in [6.07, 6.45) is 3.15. The predicted molar refractivity (Wildman–Crippen MR) is 148 cm³/mol. The van der Waals surface area contributed by atoms with Crippen LogP contribution in [0.3, 0.4) is 0 Å². The molecule has 4 rings (SSSR count). The van der Waals surface area contributed by atoms with Crippen LogP contribution >= 0.6 is 11.6 Å².